The Kier molecular flexibility index (Phi) is 38.0. The molecule has 0 saturated heterocycles. The minimum atomic E-state index is -0.536. The summed E-state index contributed by atoms with van der Waals surface area (Å²) >= 11 is 0. The van der Waals surface area contributed by atoms with Crippen LogP contribution >= 0.6 is 0 Å². The van der Waals surface area contributed by atoms with E-state index in [0.717, 1.165) is 70.6 Å². The summed E-state index contributed by atoms with van der Waals surface area (Å²) in [6.07, 6.45) is 44.5. The molecule has 5 nitrogen and oxygen atoms in total. The van der Waals surface area contributed by atoms with Gasteiger partial charge in [-0.1, -0.05) is 173 Å². The molecule has 0 aromatic rings. The highest BCUT2D eigenvalue weighted by Crippen LogP contribution is 2.14. The zero-order valence-corrected chi connectivity index (χ0v) is 32.0. The topological polar surface area (TPSA) is 61.8 Å². The van der Waals surface area contributed by atoms with Crippen molar-refractivity contribution in [2.75, 3.05) is 19.8 Å². The lowest BCUT2D eigenvalue weighted by molar-refractivity contribution is -0.163. The smallest absolute Gasteiger partial charge is 0.306 e. The molecular weight excluding hydrogens is 596 g/mol. The van der Waals surface area contributed by atoms with Crippen LogP contribution in [0.1, 0.15) is 201 Å². The van der Waals surface area contributed by atoms with E-state index in [1.807, 2.05) is 0 Å². The fourth-order valence-electron chi connectivity index (χ4n) is 5.64. The van der Waals surface area contributed by atoms with Crippen molar-refractivity contribution < 1.29 is 23.8 Å². The Hall–Kier alpha value is -1.88. The number of ether oxygens (including phenoxy) is 3. The van der Waals surface area contributed by atoms with E-state index in [1.54, 1.807) is 0 Å². The lowest BCUT2D eigenvalue weighted by Crippen LogP contribution is -2.30. The van der Waals surface area contributed by atoms with Crippen LogP contribution in [0.5, 0.6) is 0 Å². The van der Waals surface area contributed by atoms with Crippen molar-refractivity contribution in [3.05, 3.63) is 36.5 Å². The van der Waals surface area contributed by atoms with Crippen LogP contribution in [0.4, 0.5) is 0 Å². The maximum absolute atomic E-state index is 12.5. The minimum Gasteiger partial charge on any atom is -0.462 e. The second kappa shape index (κ2) is 39.6. The van der Waals surface area contributed by atoms with Gasteiger partial charge in [-0.2, -0.15) is 0 Å². The summed E-state index contributed by atoms with van der Waals surface area (Å²) in [5.74, 6) is -0.440. The van der Waals surface area contributed by atoms with E-state index >= 15 is 0 Å². The summed E-state index contributed by atoms with van der Waals surface area (Å²) in [4.78, 5) is 24.9. The Morgan fingerprint density at radius 3 is 1.50 bits per heavy atom. The third-order valence-electron chi connectivity index (χ3n) is 8.69. The Labute approximate surface area is 298 Å². The first kappa shape index (κ1) is 46.1. The molecule has 0 spiro atoms. The third-order valence-corrected chi connectivity index (χ3v) is 8.69. The number of carbonyl (C=O) groups excluding carboxylic acids is 2. The summed E-state index contributed by atoms with van der Waals surface area (Å²) in [5.41, 5.74) is 0. The maximum atomic E-state index is 12.5. The van der Waals surface area contributed by atoms with E-state index in [1.165, 1.54) is 96.3 Å². The quantitative estimate of drug-likeness (QED) is 0.0373. The Morgan fingerprint density at radius 1 is 0.479 bits per heavy atom. The van der Waals surface area contributed by atoms with Gasteiger partial charge in [-0.05, 0) is 51.4 Å². The molecule has 1 atom stereocenters. The summed E-state index contributed by atoms with van der Waals surface area (Å²) in [6.45, 7) is 7.62. The normalized spacial score (nSPS) is 12.5. The van der Waals surface area contributed by atoms with Crippen LogP contribution in [0.3, 0.4) is 0 Å². The lowest BCUT2D eigenvalue weighted by atomic mass is 10.0. The van der Waals surface area contributed by atoms with Crippen LogP contribution < -0.4 is 0 Å². The van der Waals surface area contributed by atoms with Gasteiger partial charge in [0.15, 0.2) is 6.10 Å². The third kappa shape index (κ3) is 36.9. The van der Waals surface area contributed by atoms with E-state index in [0.29, 0.717) is 19.4 Å². The Balaban J connectivity index is 4.12. The molecule has 0 N–H and O–H groups in total. The second-order valence-corrected chi connectivity index (χ2v) is 13.5. The first-order chi connectivity index (χ1) is 23.6. The Bertz CT molecular complexity index is 771. The molecule has 0 heterocycles. The molecule has 5 heteroatoms. The van der Waals surface area contributed by atoms with Gasteiger partial charge in [-0.15, -0.1) is 0 Å². The van der Waals surface area contributed by atoms with E-state index in [9.17, 15) is 9.59 Å². The average Bonchev–Trinajstić information content (AvgIpc) is 3.08. The summed E-state index contributed by atoms with van der Waals surface area (Å²) < 4.78 is 17.1. The largest absolute Gasteiger partial charge is 0.462 e. The van der Waals surface area contributed by atoms with Crippen molar-refractivity contribution in [1.82, 2.24) is 0 Å². The number of esters is 2. The predicted molar refractivity (Wildman–Crippen MR) is 205 cm³/mol. The Morgan fingerprint density at radius 2 is 0.938 bits per heavy atom. The molecule has 1 unspecified atom stereocenters. The molecule has 0 fully saturated rings. The van der Waals surface area contributed by atoms with E-state index in [-0.39, 0.29) is 25.2 Å². The van der Waals surface area contributed by atoms with Crippen LogP contribution in [-0.4, -0.2) is 37.9 Å². The fourth-order valence-corrected chi connectivity index (χ4v) is 5.64. The molecular formula is C43H78O5. The molecule has 0 aliphatic rings. The van der Waals surface area contributed by atoms with Crippen molar-refractivity contribution in [3.8, 4) is 0 Å². The van der Waals surface area contributed by atoms with Crippen molar-refractivity contribution >= 4 is 11.9 Å². The lowest BCUT2D eigenvalue weighted by Gasteiger charge is -2.18. The van der Waals surface area contributed by atoms with Gasteiger partial charge in [-0.3, -0.25) is 9.59 Å². The van der Waals surface area contributed by atoms with Gasteiger partial charge in [0.05, 0.1) is 6.61 Å². The van der Waals surface area contributed by atoms with E-state index in [2.05, 4.69) is 57.2 Å². The highest BCUT2D eigenvalue weighted by molar-refractivity contribution is 5.70. The van der Waals surface area contributed by atoms with Gasteiger partial charge in [0.1, 0.15) is 6.61 Å². The standard InChI is InChI=1S/C43H78O5/c1-4-7-10-13-15-17-19-21-23-25-27-29-32-35-38-46-39-41(48-43(45)37-34-30-12-9-6-3)40-47-42(44)36-33-31-28-26-24-22-20-18-16-14-11-8-5-2/h8,11,16,18,22,24,41H,4-7,9-10,12-15,17,19-21,23,25-40H2,1-3H3/b11-8-,18-16-,24-22-. The number of allylic oxidation sites excluding steroid dienone is 6. The van der Waals surface area contributed by atoms with Crippen LogP contribution in [0, 0.1) is 0 Å². The van der Waals surface area contributed by atoms with Gasteiger partial charge >= 0.3 is 11.9 Å². The highest BCUT2D eigenvalue weighted by Gasteiger charge is 2.17. The summed E-state index contributed by atoms with van der Waals surface area (Å²) in [6, 6.07) is 0. The molecule has 0 amide bonds. The van der Waals surface area contributed by atoms with Crippen LogP contribution in [0.15, 0.2) is 36.5 Å². The first-order valence-electron chi connectivity index (χ1n) is 20.5. The monoisotopic (exact) mass is 675 g/mol. The zero-order valence-electron chi connectivity index (χ0n) is 32.0. The van der Waals surface area contributed by atoms with Gasteiger partial charge < -0.3 is 14.2 Å². The van der Waals surface area contributed by atoms with Gasteiger partial charge in [0, 0.05) is 19.4 Å². The molecule has 0 bridgehead atoms. The molecule has 0 radical (unpaired) electrons. The number of carbonyl (C=O) groups is 2. The molecule has 0 aliphatic carbocycles. The molecule has 0 aromatic heterocycles. The van der Waals surface area contributed by atoms with Gasteiger partial charge in [0.25, 0.3) is 0 Å². The first-order valence-corrected chi connectivity index (χ1v) is 20.5. The number of unbranched alkanes of at least 4 members (excludes halogenated alkanes) is 20. The van der Waals surface area contributed by atoms with Crippen molar-refractivity contribution in [2.24, 2.45) is 0 Å². The molecule has 0 aromatic carbocycles. The van der Waals surface area contributed by atoms with Crippen LogP contribution in [0.25, 0.3) is 0 Å². The highest BCUT2D eigenvalue weighted by atomic mass is 16.6. The van der Waals surface area contributed by atoms with Crippen molar-refractivity contribution in [3.63, 3.8) is 0 Å². The van der Waals surface area contributed by atoms with Gasteiger partial charge in [0.2, 0.25) is 0 Å². The SMILES string of the molecule is CC/C=C\C/C=C\C/C=C\CCCCCC(=O)OCC(COCCCCCCCCCCCCCCCC)OC(=O)CCCCCCC. The molecule has 48 heavy (non-hydrogen) atoms. The fraction of sp³-hybridized carbons (Fsp3) is 0.814. The summed E-state index contributed by atoms with van der Waals surface area (Å²) in [5, 5.41) is 0. The number of rotatable bonds is 37. The number of hydrogen-bond acceptors (Lipinski definition) is 5. The molecule has 280 valence electrons. The van der Waals surface area contributed by atoms with E-state index in [4.69, 9.17) is 14.2 Å². The second-order valence-electron chi connectivity index (χ2n) is 13.5. The minimum absolute atomic E-state index is 0.0731. The predicted octanol–water partition coefficient (Wildman–Crippen LogP) is 13.1. The van der Waals surface area contributed by atoms with Crippen LogP contribution in [0.2, 0.25) is 0 Å². The van der Waals surface area contributed by atoms with Crippen LogP contribution in [-0.2, 0) is 23.8 Å². The maximum Gasteiger partial charge on any atom is 0.306 e. The summed E-state index contributed by atoms with van der Waals surface area (Å²) in [7, 11) is 0. The average molecular weight is 675 g/mol. The molecule has 0 aliphatic heterocycles. The zero-order chi connectivity index (χ0) is 35.0. The molecule has 0 saturated carbocycles. The number of hydrogen-bond donors (Lipinski definition) is 0. The van der Waals surface area contributed by atoms with E-state index < -0.39 is 6.10 Å². The molecule has 0 rings (SSSR count). The van der Waals surface area contributed by atoms with Crippen molar-refractivity contribution in [2.45, 2.75) is 207 Å². The van der Waals surface area contributed by atoms with Gasteiger partial charge in [-0.25, -0.2) is 0 Å². The van der Waals surface area contributed by atoms with Crippen molar-refractivity contribution in [1.29, 1.82) is 0 Å².